The van der Waals surface area contributed by atoms with E-state index in [1.165, 1.54) is 0 Å². The maximum atomic E-state index is 6.72. The third-order valence-electron chi connectivity index (χ3n) is 3.27. The van der Waals surface area contributed by atoms with Gasteiger partial charge in [0.05, 0.1) is 25.2 Å². The van der Waals surface area contributed by atoms with E-state index in [4.69, 9.17) is 21.1 Å². The van der Waals surface area contributed by atoms with E-state index < -0.39 is 0 Å². The highest BCUT2D eigenvalue weighted by Crippen LogP contribution is 2.44. The second-order valence-electron chi connectivity index (χ2n) is 4.56. The summed E-state index contributed by atoms with van der Waals surface area (Å²) in [7, 11) is 3.25. The smallest absolute Gasteiger partial charge is 0.127 e. The minimum Gasteiger partial charge on any atom is -0.496 e. The molecule has 0 bridgehead atoms. The van der Waals surface area contributed by atoms with Gasteiger partial charge in [-0.05, 0) is 42.3 Å². The highest BCUT2D eigenvalue weighted by molar-refractivity contribution is 9.11. The molecule has 0 N–H and O–H groups in total. The molecule has 0 saturated heterocycles. The van der Waals surface area contributed by atoms with E-state index in [9.17, 15) is 0 Å². The van der Waals surface area contributed by atoms with Crippen LogP contribution in [0.25, 0.3) is 0 Å². The molecule has 0 radical (unpaired) electrons. The van der Waals surface area contributed by atoms with Gasteiger partial charge >= 0.3 is 0 Å². The van der Waals surface area contributed by atoms with Crippen LogP contribution in [0.2, 0.25) is 0 Å². The molecule has 2 aromatic carbocycles. The number of aryl methyl sites for hydroxylation is 1. The van der Waals surface area contributed by atoms with E-state index in [1.54, 1.807) is 14.2 Å². The van der Waals surface area contributed by atoms with Crippen LogP contribution < -0.4 is 9.47 Å². The average molecular weight is 435 g/mol. The molecule has 21 heavy (non-hydrogen) atoms. The Bertz CT molecular complexity index is 637. The van der Waals surface area contributed by atoms with Crippen molar-refractivity contribution in [2.24, 2.45) is 0 Å². The zero-order valence-electron chi connectivity index (χ0n) is 11.9. The SMILES string of the molecule is COc1cccc(OC)c1C(Cl)c1cc(Br)c(C)cc1Br. The Balaban J connectivity index is 2.59. The molecule has 0 amide bonds. The summed E-state index contributed by atoms with van der Waals surface area (Å²) in [5.74, 6) is 1.41. The summed E-state index contributed by atoms with van der Waals surface area (Å²) in [6.45, 7) is 2.03. The molecule has 112 valence electrons. The number of halogens is 3. The lowest BCUT2D eigenvalue weighted by atomic mass is 10.0. The third-order valence-corrected chi connectivity index (χ3v) is 5.26. The summed E-state index contributed by atoms with van der Waals surface area (Å²) in [4.78, 5) is 0. The Hall–Kier alpha value is -0.710. The van der Waals surface area contributed by atoms with Gasteiger partial charge < -0.3 is 9.47 Å². The van der Waals surface area contributed by atoms with E-state index in [0.29, 0.717) is 11.5 Å². The monoisotopic (exact) mass is 432 g/mol. The van der Waals surface area contributed by atoms with Crippen molar-refractivity contribution in [3.63, 3.8) is 0 Å². The van der Waals surface area contributed by atoms with Crippen molar-refractivity contribution < 1.29 is 9.47 Å². The fraction of sp³-hybridized carbons (Fsp3) is 0.250. The molecule has 0 heterocycles. The molecule has 0 aliphatic heterocycles. The second-order valence-corrected chi connectivity index (χ2v) is 6.71. The van der Waals surface area contributed by atoms with Crippen molar-refractivity contribution >= 4 is 43.5 Å². The molecular formula is C16H15Br2ClO2. The normalized spacial score (nSPS) is 12.1. The van der Waals surface area contributed by atoms with Crippen molar-refractivity contribution in [1.82, 2.24) is 0 Å². The molecule has 1 unspecified atom stereocenters. The molecule has 0 spiro atoms. The first-order valence-electron chi connectivity index (χ1n) is 6.30. The van der Waals surface area contributed by atoms with Crippen molar-refractivity contribution in [3.8, 4) is 11.5 Å². The molecule has 0 fully saturated rings. The summed E-state index contributed by atoms with van der Waals surface area (Å²) in [5, 5.41) is -0.387. The fourth-order valence-corrected chi connectivity index (χ4v) is 3.72. The highest BCUT2D eigenvalue weighted by atomic mass is 79.9. The first kappa shape index (κ1) is 16.7. The predicted octanol–water partition coefficient (Wildman–Crippen LogP) is 5.87. The van der Waals surface area contributed by atoms with Gasteiger partial charge in [0.2, 0.25) is 0 Å². The van der Waals surface area contributed by atoms with E-state index >= 15 is 0 Å². The van der Waals surface area contributed by atoms with Crippen molar-refractivity contribution in [1.29, 1.82) is 0 Å². The first-order valence-corrected chi connectivity index (χ1v) is 8.32. The van der Waals surface area contributed by atoms with Crippen LogP contribution in [0.3, 0.4) is 0 Å². The first-order chi connectivity index (χ1) is 9.99. The van der Waals surface area contributed by atoms with Gasteiger partial charge in [0, 0.05) is 8.95 Å². The molecule has 2 aromatic rings. The second kappa shape index (κ2) is 7.03. The molecule has 2 rings (SSSR count). The lowest BCUT2D eigenvalue weighted by Gasteiger charge is -2.19. The summed E-state index contributed by atoms with van der Waals surface area (Å²) in [6.07, 6.45) is 0. The van der Waals surface area contributed by atoms with Gasteiger partial charge in [-0.25, -0.2) is 0 Å². The van der Waals surface area contributed by atoms with Crippen LogP contribution in [0.5, 0.6) is 11.5 Å². The molecule has 1 atom stereocenters. The number of alkyl halides is 1. The number of hydrogen-bond acceptors (Lipinski definition) is 2. The molecule has 0 saturated carbocycles. The summed E-state index contributed by atoms with van der Waals surface area (Å²) < 4.78 is 12.8. The molecule has 5 heteroatoms. The van der Waals surface area contributed by atoms with Crippen LogP contribution in [0.4, 0.5) is 0 Å². The van der Waals surface area contributed by atoms with Crippen molar-refractivity contribution in [2.75, 3.05) is 14.2 Å². The summed E-state index contributed by atoms with van der Waals surface area (Å²) >= 11 is 13.9. The highest BCUT2D eigenvalue weighted by Gasteiger charge is 2.23. The fourth-order valence-electron chi connectivity index (χ4n) is 2.14. The van der Waals surface area contributed by atoms with Crippen molar-refractivity contribution in [3.05, 3.63) is 56.0 Å². The minimum absolute atomic E-state index is 0.387. The Morgan fingerprint density at radius 3 is 2.10 bits per heavy atom. The molecule has 0 aliphatic carbocycles. The zero-order valence-corrected chi connectivity index (χ0v) is 15.8. The largest absolute Gasteiger partial charge is 0.496 e. The van der Waals surface area contributed by atoms with E-state index in [2.05, 4.69) is 31.9 Å². The van der Waals surface area contributed by atoms with Gasteiger partial charge in [-0.15, -0.1) is 11.6 Å². The predicted molar refractivity (Wildman–Crippen MR) is 93.8 cm³/mol. The molecular weight excluding hydrogens is 419 g/mol. The summed E-state index contributed by atoms with van der Waals surface area (Å²) in [5.41, 5.74) is 2.92. The number of hydrogen-bond donors (Lipinski definition) is 0. The molecule has 0 aromatic heterocycles. The lowest BCUT2D eigenvalue weighted by Crippen LogP contribution is -2.02. The number of ether oxygens (including phenoxy) is 2. The topological polar surface area (TPSA) is 18.5 Å². The Morgan fingerprint density at radius 1 is 1.00 bits per heavy atom. The maximum absolute atomic E-state index is 6.72. The van der Waals surface area contributed by atoms with Gasteiger partial charge in [-0.2, -0.15) is 0 Å². The van der Waals surface area contributed by atoms with Crippen LogP contribution in [0, 0.1) is 6.92 Å². The summed E-state index contributed by atoms with van der Waals surface area (Å²) in [6, 6.07) is 9.69. The van der Waals surface area contributed by atoms with Gasteiger partial charge in [0.1, 0.15) is 11.5 Å². The number of rotatable bonds is 4. The number of methoxy groups -OCH3 is 2. The van der Waals surface area contributed by atoms with Crippen LogP contribution in [0.1, 0.15) is 22.1 Å². The maximum Gasteiger partial charge on any atom is 0.127 e. The van der Waals surface area contributed by atoms with Gasteiger partial charge in [0.15, 0.2) is 0 Å². The van der Waals surface area contributed by atoms with Gasteiger partial charge in [0.25, 0.3) is 0 Å². The standard InChI is InChI=1S/C16H15Br2ClO2/c1-9-7-12(18)10(8-11(9)17)16(19)15-13(20-2)5-4-6-14(15)21-3/h4-8,16H,1-3H3. The van der Waals surface area contributed by atoms with Gasteiger partial charge in [-0.3, -0.25) is 0 Å². The van der Waals surface area contributed by atoms with Crippen LogP contribution in [-0.2, 0) is 0 Å². The van der Waals surface area contributed by atoms with Crippen LogP contribution in [0.15, 0.2) is 39.3 Å². The average Bonchev–Trinajstić information content (AvgIpc) is 2.49. The Morgan fingerprint density at radius 2 is 1.57 bits per heavy atom. The third kappa shape index (κ3) is 3.38. The van der Waals surface area contributed by atoms with Crippen LogP contribution >= 0.6 is 43.5 Å². The molecule has 2 nitrogen and oxygen atoms in total. The van der Waals surface area contributed by atoms with E-state index in [-0.39, 0.29) is 5.38 Å². The Kier molecular flexibility index (Phi) is 5.58. The van der Waals surface area contributed by atoms with Crippen molar-refractivity contribution in [2.45, 2.75) is 12.3 Å². The van der Waals surface area contributed by atoms with Crippen LogP contribution in [-0.4, -0.2) is 14.2 Å². The Labute approximate surface area is 146 Å². The quantitative estimate of drug-likeness (QED) is 0.561. The zero-order chi connectivity index (χ0) is 15.6. The molecule has 0 aliphatic rings. The van der Waals surface area contributed by atoms with Gasteiger partial charge in [-0.1, -0.05) is 37.9 Å². The minimum atomic E-state index is -0.387. The lowest BCUT2D eigenvalue weighted by molar-refractivity contribution is 0.386. The number of benzene rings is 2. The van der Waals surface area contributed by atoms with E-state index in [0.717, 1.165) is 25.6 Å². The van der Waals surface area contributed by atoms with E-state index in [1.807, 2.05) is 37.3 Å².